The van der Waals surface area contributed by atoms with E-state index < -0.39 is 0 Å². The molecule has 0 aliphatic heterocycles. The van der Waals surface area contributed by atoms with Crippen LogP contribution in [0.5, 0.6) is 0 Å². The molecular weight excluding hydrogens is 332 g/mol. The lowest BCUT2D eigenvalue weighted by atomic mass is 10.1. The van der Waals surface area contributed by atoms with Crippen molar-refractivity contribution >= 4 is 11.8 Å². The fourth-order valence-electron chi connectivity index (χ4n) is 2.24. The first-order chi connectivity index (χ1) is 12.6. The normalized spacial score (nSPS) is 10.3. The molecule has 0 unspecified atom stereocenters. The zero-order valence-electron chi connectivity index (χ0n) is 14.2. The molecule has 1 aromatic heterocycles. The van der Waals surface area contributed by atoms with Gasteiger partial charge in [-0.15, -0.1) is 10.2 Å². The van der Waals surface area contributed by atoms with Gasteiger partial charge in [-0.2, -0.15) is 0 Å². The minimum atomic E-state index is -0.376. The van der Waals surface area contributed by atoms with E-state index in [1.54, 1.807) is 24.3 Å². The first kappa shape index (κ1) is 17.3. The Balaban J connectivity index is 1.47. The molecule has 2 amide bonds. The predicted molar refractivity (Wildman–Crippen MR) is 94.8 cm³/mol. The second-order valence-electron chi connectivity index (χ2n) is 5.74. The molecule has 0 radical (unpaired) electrons. The molecule has 0 aliphatic rings. The van der Waals surface area contributed by atoms with Gasteiger partial charge in [0.2, 0.25) is 17.7 Å². The van der Waals surface area contributed by atoms with E-state index >= 15 is 0 Å². The van der Waals surface area contributed by atoms with Crippen LogP contribution in [0.4, 0.5) is 0 Å². The van der Waals surface area contributed by atoms with Crippen molar-refractivity contribution in [3.63, 3.8) is 0 Å². The summed E-state index contributed by atoms with van der Waals surface area (Å²) < 4.78 is 5.57. The third-order valence-electron chi connectivity index (χ3n) is 3.68. The Kier molecular flexibility index (Phi) is 5.38. The van der Waals surface area contributed by atoms with Gasteiger partial charge in [-0.1, -0.05) is 35.9 Å². The molecule has 2 N–H and O–H groups in total. The average molecular weight is 350 g/mol. The third-order valence-corrected chi connectivity index (χ3v) is 3.68. The van der Waals surface area contributed by atoms with Crippen LogP contribution in [0.2, 0.25) is 0 Å². The van der Waals surface area contributed by atoms with Gasteiger partial charge in [0.1, 0.15) is 0 Å². The van der Waals surface area contributed by atoms with E-state index in [0.717, 1.165) is 11.1 Å². The Hall–Kier alpha value is -3.48. The van der Waals surface area contributed by atoms with Crippen molar-refractivity contribution in [1.82, 2.24) is 21.0 Å². The number of nitrogens with zero attached hydrogens (tertiary/aromatic N) is 2. The number of hydrogen-bond donors (Lipinski definition) is 2. The van der Waals surface area contributed by atoms with Gasteiger partial charge in [0, 0.05) is 24.0 Å². The molecule has 2 aromatic carbocycles. The summed E-state index contributed by atoms with van der Waals surface area (Å²) in [6.45, 7) is 2.00. The summed E-state index contributed by atoms with van der Waals surface area (Å²) in [7, 11) is 0. The number of benzene rings is 2. The quantitative estimate of drug-likeness (QED) is 0.689. The van der Waals surface area contributed by atoms with E-state index in [1.807, 2.05) is 37.3 Å². The van der Waals surface area contributed by atoms with Gasteiger partial charge in [-0.05, 0) is 31.2 Å². The molecule has 0 atom stereocenters. The van der Waals surface area contributed by atoms with Crippen LogP contribution in [-0.4, -0.2) is 22.0 Å². The van der Waals surface area contributed by atoms with E-state index in [4.69, 9.17) is 4.42 Å². The molecular formula is C19H18N4O3. The van der Waals surface area contributed by atoms with Crippen molar-refractivity contribution in [3.8, 4) is 11.5 Å². The molecule has 26 heavy (non-hydrogen) atoms. The Bertz CT molecular complexity index is 889. The van der Waals surface area contributed by atoms with Crippen molar-refractivity contribution in [2.24, 2.45) is 0 Å². The summed E-state index contributed by atoms with van der Waals surface area (Å²) in [4.78, 5) is 23.7. The van der Waals surface area contributed by atoms with Crippen LogP contribution in [-0.2, 0) is 11.2 Å². The molecule has 0 aliphatic carbocycles. The van der Waals surface area contributed by atoms with Gasteiger partial charge in [-0.3, -0.25) is 20.4 Å². The van der Waals surface area contributed by atoms with Crippen LogP contribution in [0.25, 0.3) is 11.5 Å². The van der Waals surface area contributed by atoms with E-state index in [-0.39, 0.29) is 24.7 Å². The molecule has 0 fully saturated rings. The first-order valence-corrected chi connectivity index (χ1v) is 8.15. The predicted octanol–water partition coefficient (Wildman–Crippen LogP) is 2.44. The minimum Gasteiger partial charge on any atom is -0.421 e. The second-order valence-corrected chi connectivity index (χ2v) is 5.74. The number of hydrazine groups is 1. The van der Waals surface area contributed by atoms with Gasteiger partial charge in [0.05, 0.1) is 0 Å². The van der Waals surface area contributed by atoms with Crippen molar-refractivity contribution < 1.29 is 14.0 Å². The maximum Gasteiger partial charge on any atom is 0.269 e. The molecule has 0 spiro atoms. The van der Waals surface area contributed by atoms with Crippen molar-refractivity contribution in [3.05, 3.63) is 71.6 Å². The highest BCUT2D eigenvalue weighted by molar-refractivity contribution is 5.95. The Morgan fingerprint density at radius 3 is 2.42 bits per heavy atom. The summed E-state index contributed by atoms with van der Waals surface area (Å²) in [5.74, 6) is 0.0608. The zero-order valence-corrected chi connectivity index (χ0v) is 14.2. The molecule has 1 heterocycles. The van der Waals surface area contributed by atoms with Crippen molar-refractivity contribution in [1.29, 1.82) is 0 Å². The number of hydrogen-bond acceptors (Lipinski definition) is 5. The third kappa shape index (κ3) is 4.54. The topological polar surface area (TPSA) is 97.1 Å². The van der Waals surface area contributed by atoms with Crippen molar-refractivity contribution in [2.45, 2.75) is 19.8 Å². The zero-order chi connectivity index (χ0) is 18.4. The summed E-state index contributed by atoms with van der Waals surface area (Å²) >= 11 is 0. The lowest BCUT2D eigenvalue weighted by Gasteiger charge is -2.06. The van der Waals surface area contributed by atoms with Crippen LogP contribution >= 0.6 is 0 Å². The van der Waals surface area contributed by atoms with E-state index in [2.05, 4.69) is 21.0 Å². The van der Waals surface area contributed by atoms with E-state index in [0.29, 0.717) is 17.3 Å². The number of aromatic nitrogens is 2. The monoisotopic (exact) mass is 350 g/mol. The standard InChI is InChI=1S/C19H18N4O3/c1-13-7-9-15(10-8-13)19-23-21-17(26-19)12-11-16(24)20-22-18(25)14-5-3-2-4-6-14/h2-10H,11-12H2,1H3,(H,20,24)(H,22,25). The molecule has 7 heteroatoms. The fourth-order valence-corrected chi connectivity index (χ4v) is 2.24. The highest BCUT2D eigenvalue weighted by Gasteiger charge is 2.11. The lowest BCUT2D eigenvalue weighted by Crippen LogP contribution is -2.41. The number of nitrogens with one attached hydrogen (secondary N) is 2. The van der Waals surface area contributed by atoms with Crippen LogP contribution in [0.15, 0.2) is 59.0 Å². The fraction of sp³-hybridized carbons (Fsp3) is 0.158. The molecule has 0 bridgehead atoms. The van der Waals surface area contributed by atoms with Crippen LogP contribution in [0.1, 0.15) is 28.2 Å². The van der Waals surface area contributed by atoms with Gasteiger partial charge in [0.15, 0.2) is 0 Å². The van der Waals surface area contributed by atoms with Gasteiger partial charge >= 0.3 is 0 Å². The number of carbonyl (C=O) groups excluding carboxylic acids is 2. The second kappa shape index (κ2) is 8.06. The Morgan fingerprint density at radius 2 is 1.69 bits per heavy atom. The number of aryl methyl sites for hydroxylation is 2. The summed E-state index contributed by atoms with van der Waals surface area (Å²) in [6, 6.07) is 16.3. The maximum atomic E-state index is 11.9. The van der Waals surface area contributed by atoms with Crippen molar-refractivity contribution in [2.75, 3.05) is 0 Å². The molecule has 0 saturated heterocycles. The van der Waals surface area contributed by atoms with Crippen LogP contribution in [0, 0.1) is 6.92 Å². The lowest BCUT2D eigenvalue weighted by molar-refractivity contribution is -0.121. The SMILES string of the molecule is Cc1ccc(-c2nnc(CCC(=O)NNC(=O)c3ccccc3)o2)cc1. The number of carbonyl (C=O) groups is 2. The van der Waals surface area contributed by atoms with Crippen LogP contribution in [0.3, 0.4) is 0 Å². The summed E-state index contributed by atoms with van der Waals surface area (Å²) in [6.07, 6.45) is 0.399. The number of amides is 2. The molecule has 3 rings (SSSR count). The van der Waals surface area contributed by atoms with E-state index in [1.165, 1.54) is 0 Å². The average Bonchev–Trinajstić information content (AvgIpc) is 3.14. The highest BCUT2D eigenvalue weighted by Crippen LogP contribution is 2.18. The Labute approximate surface area is 150 Å². The highest BCUT2D eigenvalue weighted by atomic mass is 16.4. The van der Waals surface area contributed by atoms with Gasteiger partial charge < -0.3 is 4.42 Å². The van der Waals surface area contributed by atoms with Gasteiger partial charge in [-0.25, -0.2) is 0 Å². The summed E-state index contributed by atoms with van der Waals surface area (Å²) in [5.41, 5.74) is 7.17. The number of rotatable bonds is 5. The van der Waals surface area contributed by atoms with E-state index in [9.17, 15) is 9.59 Å². The maximum absolute atomic E-state index is 11.9. The largest absolute Gasteiger partial charge is 0.421 e. The minimum absolute atomic E-state index is 0.116. The molecule has 3 aromatic rings. The molecule has 132 valence electrons. The first-order valence-electron chi connectivity index (χ1n) is 8.15. The van der Waals surface area contributed by atoms with Gasteiger partial charge in [0.25, 0.3) is 5.91 Å². The molecule has 7 nitrogen and oxygen atoms in total. The summed E-state index contributed by atoms with van der Waals surface area (Å²) in [5, 5.41) is 7.94. The van der Waals surface area contributed by atoms with Crippen LogP contribution < -0.4 is 10.9 Å². The Morgan fingerprint density at radius 1 is 0.962 bits per heavy atom. The molecule has 0 saturated carbocycles. The smallest absolute Gasteiger partial charge is 0.269 e.